The van der Waals surface area contributed by atoms with E-state index in [9.17, 15) is 4.79 Å². The summed E-state index contributed by atoms with van der Waals surface area (Å²) in [6.45, 7) is 5.94. The molecule has 4 heteroatoms. The molecular weight excluding hydrogens is 228 g/mol. The second-order valence-corrected chi connectivity index (χ2v) is 4.73. The summed E-state index contributed by atoms with van der Waals surface area (Å²) in [6.07, 6.45) is 0.116. The van der Waals surface area contributed by atoms with Crippen molar-refractivity contribution in [1.82, 2.24) is 4.90 Å². The number of carbonyl (C=O) groups excluding carboxylic acids is 1. The predicted octanol–water partition coefficient (Wildman–Crippen LogP) is 1.90. The summed E-state index contributed by atoms with van der Waals surface area (Å²) in [7, 11) is 1.84. The summed E-state index contributed by atoms with van der Waals surface area (Å²) in [6, 6.07) is 5.89. The first-order valence-corrected chi connectivity index (χ1v) is 6.31. The Morgan fingerprint density at radius 3 is 2.94 bits per heavy atom. The van der Waals surface area contributed by atoms with Gasteiger partial charge in [0.05, 0.1) is 18.3 Å². The van der Waals surface area contributed by atoms with E-state index in [0.717, 1.165) is 16.8 Å². The molecule has 1 aromatic carbocycles. The molecule has 0 aliphatic carbocycles. The molecule has 1 heterocycles. The Morgan fingerprint density at radius 1 is 1.50 bits per heavy atom. The molecule has 0 spiro atoms. The number of morpholine rings is 1. The van der Waals surface area contributed by atoms with Gasteiger partial charge in [0.1, 0.15) is 0 Å². The van der Waals surface area contributed by atoms with Crippen molar-refractivity contribution >= 4 is 11.6 Å². The van der Waals surface area contributed by atoms with E-state index in [1.165, 1.54) is 0 Å². The van der Waals surface area contributed by atoms with Crippen molar-refractivity contribution < 1.29 is 9.53 Å². The lowest BCUT2D eigenvalue weighted by Crippen LogP contribution is -2.44. The summed E-state index contributed by atoms with van der Waals surface area (Å²) in [5.74, 6) is 0.0817. The summed E-state index contributed by atoms with van der Waals surface area (Å²) in [4.78, 5) is 14.4. The second-order valence-electron chi connectivity index (χ2n) is 4.73. The lowest BCUT2D eigenvalue weighted by molar-refractivity contribution is -0.0123. The fourth-order valence-electron chi connectivity index (χ4n) is 2.23. The van der Waals surface area contributed by atoms with Crippen molar-refractivity contribution in [3.8, 4) is 0 Å². The zero-order valence-corrected chi connectivity index (χ0v) is 11.2. The van der Waals surface area contributed by atoms with Gasteiger partial charge in [-0.15, -0.1) is 0 Å². The first kappa shape index (κ1) is 12.9. The van der Waals surface area contributed by atoms with Gasteiger partial charge in [0.25, 0.3) is 5.91 Å². The van der Waals surface area contributed by atoms with Crippen molar-refractivity contribution in [3.05, 3.63) is 29.3 Å². The monoisotopic (exact) mass is 248 g/mol. The minimum absolute atomic E-state index is 0.0817. The van der Waals surface area contributed by atoms with Gasteiger partial charge in [0.15, 0.2) is 0 Å². The molecule has 0 bridgehead atoms. The summed E-state index contributed by atoms with van der Waals surface area (Å²) in [5.41, 5.74) is 2.72. The van der Waals surface area contributed by atoms with E-state index >= 15 is 0 Å². The number of aryl methyl sites for hydroxylation is 1. The fourth-order valence-corrected chi connectivity index (χ4v) is 2.23. The van der Waals surface area contributed by atoms with Crippen molar-refractivity contribution in [2.24, 2.45) is 0 Å². The summed E-state index contributed by atoms with van der Waals surface area (Å²) >= 11 is 0. The van der Waals surface area contributed by atoms with Crippen molar-refractivity contribution in [1.29, 1.82) is 0 Å². The number of ether oxygens (including phenoxy) is 1. The maximum atomic E-state index is 12.5. The average Bonchev–Trinajstić information content (AvgIpc) is 2.38. The molecule has 1 N–H and O–H groups in total. The van der Waals surface area contributed by atoms with Gasteiger partial charge >= 0.3 is 0 Å². The highest BCUT2D eigenvalue weighted by atomic mass is 16.5. The second kappa shape index (κ2) is 5.40. The van der Waals surface area contributed by atoms with Crippen LogP contribution < -0.4 is 5.32 Å². The van der Waals surface area contributed by atoms with E-state index in [2.05, 4.69) is 5.32 Å². The molecule has 2 rings (SSSR count). The summed E-state index contributed by atoms with van der Waals surface area (Å²) in [5, 5.41) is 3.08. The normalized spacial score (nSPS) is 19.7. The Bertz CT molecular complexity index is 445. The highest BCUT2D eigenvalue weighted by molar-refractivity contribution is 5.99. The molecule has 1 atom stereocenters. The van der Waals surface area contributed by atoms with E-state index in [-0.39, 0.29) is 12.0 Å². The minimum Gasteiger partial charge on any atom is -0.387 e. The Hall–Kier alpha value is -1.55. The van der Waals surface area contributed by atoms with Crippen molar-refractivity contribution in [2.75, 3.05) is 32.1 Å². The first-order chi connectivity index (χ1) is 8.61. The zero-order valence-electron chi connectivity index (χ0n) is 11.2. The number of benzene rings is 1. The zero-order chi connectivity index (χ0) is 13.1. The molecule has 98 valence electrons. The largest absolute Gasteiger partial charge is 0.387 e. The van der Waals surface area contributed by atoms with Crippen molar-refractivity contribution in [3.63, 3.8) is 0 Å². The third-order valence-electron chi connectivity index (χ3n) is 3.20. The standard InChI is InChI=1S/C14H20N2O2/c1-10-4-5-13(15-3)12(8-10)14(17)16-6-7-18-11(2)9-16/h4-5,8,11,15H,6-7,9H2,1-3H3. The van der Waals surface area contributed by atoms with Gasteiger partial charge in [0.2, 0.25) is 0 Å². The number of rotatable bonds is 2. The van der Waals surface area contributed by atoms with Crippen LogP contribution in [-0.4, -0.2) is 43.7 Å². The molecule has 1 unspecified atom stereocenters. The quantitative estimate of drug-likeness (QED) is 0.869. The van der Waals surface area contributed by atoms with Gasteiger partial charge < -0.3 is 15.0 Å². The van der Waals surface area contributed by atoms with Gasteiger partial charge in [-0.2, -0.15) is 0 Å². The Labute approximate surface area is 108 Å². The van der Waals surface area contributed by atoms with Crippen molar-refractivity contribution in [2.45, 2.75) is 20.0 Å². The fraction of sp³-hybridized carbons (Fsp3) is 0.500. The Morgan fingerprint density at radius 2 is 2.28 bits per heavy atom. The highest BCUT2D eigenvalue weighted by Gasteiger charge is 2.24. The highest BCUT2D eigenvalue weighted by Crippen LogP contribution is 2.20. The van der Waals surface area contributed by atoms with Crippen LogP contribution in [0.3, 0.4) is 0 Å². The third kappa shape index (κ3) is 2.64. The molecule has 1 aliphatic heterocycles. The Kier molecular flexibility index (Phi) is 3.87. The molecule has 1 fully saturated rings. The molecule has 1 amide bonds. The average molecular weight is 248 g/mol. The maximum Gasteiger partial charge on any atom is 0.256 e. The van der Waals surface area contributed by atoms with Crippen LogP contribution in [0, 0.1) is 6.92 Å². The number of hydrogen-bond acceptors (Lipinski definition) is 3. The molecule has 1 aliphatic rings. The van der Waals surface area contributed by atoms with E-state index in [4.69, 9.17) is 4.74 Å². The molecule has 0 saturated carbocycles. The van der Waals surface area contributed by atoms with E-state index in [0.29, 0.717) is 19.7 Å². The minimum atomic E-state index is 0.0817. The number of nitrogens with one attached hydrogen (secondary N) is 1. The Balaban J connectivity index is 2.24. The van der Waals surface area contributed by atoms with Gasteiger partial charge in [-0.3, -0.25) is 4.79 Å². The molecule has 0 aromatic heterocycles. The van der Waals surface area contributed by atoms with Gasteiger partial charge in [0, 0.05) is 25.8 Å². The topological polar surface area (TPSA) is 41.6 Å². The number of carbonyl (C=O) groups is 1. The lowest BCUT2D eigenvalue weighted by Gasteiger charge is -2.31. The van der Waals surface area contributed by atoms with Crippen LogP contribution in [0.2, 0.25) is 0 Å². The molecule has 1 aromatic rings. The van der Waals surface area contributed by atoms with Crippen LogP contribution in [0.1, 0.15) is 22.8 Å². The molecular formula is C14H20N2O2. The van der Waals surface area contributed by atoms with Gasteiger partial charge in [-0.1, -0.05) is 11.6 Å². The molecule has 0 radical (unpaired) electrons. The van der Waals surface area contributed by atoms with Crippen LogP contribution in [0.4, 0.5) is 5.69 Å². The smallest absolute Gasteiger partial charge is 0.256 e. The van der Waals surface area contributed by atoms with Crippen LogP contribution in [0.5, 0.6) is 0 Å². The number of amides is 1. The van der Waals surface area contributed by atoms with E-state index in [1.807, 2.05) is 44.0 Å². The van der Waals surface area contributed by atoms with Gasteiger partial charge in [-0.05, 0) is 26.0 Å². The van der Waals surface area contributed by atoms with E-state index in [1.54, 1.807) is 0 Å². The number of nitrogens with zero attached hydrogens (tertiary/aromatic N) is 1. The van der Waals surface area contributed by atoms with Gasteiger partial charge in [-0.25, -0.2) is 0 Å². The lowest BCUT2D eigenvalue weighted by atomic mass is 10.1. The molecule has 1 saturated heterocycles. The third-order valence-corrected chi connectivity index (χ3v) is 3.20. The predicted molar refractivity (Wildman–Crippen MR) is 72.0 cm³/mol. The SMILES string of the molecule is CNc1ccc(C)cc1C(=O)N1CCOC(C)C1. The maximum absolute atomic E-state index is 12.5. The van der Waals surface area contributed by atoms with Crippen LogP contribution in [0.15, 0.2) is 18.2 Å². The van der Waals surface area contributed by atoms with Crippen LogP contribution >= 0.6 is 0 Å². The first-order valence-electron chi connectivity index (χ1n) is 6.31. The van der Waals surface area contributed by atoms with Crippen LogP contribution in [0.25, 0.3) is 0 Å². The van der Waals surface area contributed by atoms with Crippen LogP contribution in [-0.2, 0) is 4.74 Å². The molecule has 18 heavy (non-hydrogen) atoms. The van der Waals surface area contributed by atoms with E-state index < -0.39 is 0 Å². The molecule has 4 nitrogen and oxygen atoms in total. The number of hydrogen-bond donors (Lipinski definition) is 1. The summed E-state index contributed by atoms with van der Waals surface area (Å²) < 4.78 is 5.46. The number of anilines is 1.